The number of halogens is 2. The van der Waals surface area contributed by atoms with Crippen molar-refractivity contribution in [2.75, 3.05) is 19.0 Å². The van der Waals surface area contributed by atoms with Gasteiger partial charge in [-0.1, -0.05) is 17.7 Å². The molecule has 0 heterocycles. The maximum Gasteiger partial charge on any atom is 0.343 e. The molecule has 0 spiro atoms. The van der Waals surface area contributed by atoms with E-state index in [1.165, 1.54) is 13.3 Å². The van der Waals surface area contributed by atoms with Crippen LogP contribution in [0.15, 0.2) is 52.0 Å². The summed E-state index contributed by atoms with van der Waals surface area (Å²) in [4.78, 5) is 34.8. The molecule has 2 aromatic rings. The Hall–Kier alpha value is -2.91. The third-order valence-corrected chi connectivity index (χ3v) is 4.47. The second-order valence-corrected chi connectivity index (χ2v) is 7.20. The van der Waals surface area contributed by atoms with Crippen LogP contribution in [-0.4, -0.2) is 37.7 Å². The van der Waals surface area contributed by atoms with E-state index in [0.717, 1.165) is 0 Å². The number of amides is 2. The summed E-state index contributed by atoms with van der Waals surface area (Å²) in [6.07, 6.45) is 1.43. The number of esters is 1. The molecule has 0 aliphatic carbocycles. The standard InChI is InChI=1S/C20H19BrClN3O5/c1-29-20(28)12-30-17-6-5-13(9-16(17)21)11-23-25-19(27)8-7-18(26)24-15-4-2-3-14(22)10-15/h2-6,9-11H,7-8,12H2,1H3,(H,24,26)(H,25,27). The molecule has 2 N–H and O–H groups in total. The molecular formula is C20H19BrClN3O5. The summed E-state index contributed by atoms with van der Waals surface area (Å²) in [5, 5.41) is 7.04. The van der Waals surface area contributed by atoms with Crippen LogP contribution in [0.4, 0.5) is 5.69 Å². The van der Waals surface area contributed by atoms with Crippen molar-refractivity contribution in [3.8, 4) is 5.75 Å². The van der Waals surface area contributed by atoms with Crippen molar-refractivity contribution in [2.45, 2.75) is 12.8 Å². The number of ether oxygens (including phenoxy) is 2. The van der Waals surface area contributed by atoms with E-state index >= 15 is 0 Å². The van der Waals surface area contributed by atoms with E-state index in [1.54, 1.807) is 42.5 Å². The van der Waals surface area contributed by atoms with E-state index in [9.17, 15) is 14.4 Å². The molecule has 2 rings (SSSR count). The Balaban J connectivity index is 1.76. The lowest BCUT2D eigenvalue weighted by atomic mass is 10.2. The lowest BCUT2D eigenvalue weighted by Crippen LogP contribution is -2.20. The first-order valence-corrected chi connectivity index (χ1v) is 9.91. The SMILES string of the molecule is COC(=O)COc1ccc(C=NNC(=O)CCC(=O)Nc2cccc(Cl)c2)cc1Br. The second kappa shape index (κ2) is 11.9. The minimum absolute atomic E-state index is 0.00560. The van der Waals surface area contributed by atoms with Crippen LogP contribution in [0.1, 0.15) is 18.4 Å². The highest BCUT2D eigenvalue weighted by atomic mass is 79.9. The Morgan fingerprint density at radius 3 is 2.60 bits per heavy atom. The lowest BCUT2D eigenvalue weighted by Gasteiger charge is -2.07. The van der Waals surface area contributed by atoms with Gasteiger partial charge in [0.25, 0.3) is 0 Å². The molecule has 0 saturated heterocycles. The summed E-state index contributed by atoms with van der Waals surface area (Å²) in [7, 11) is 1.28. The molecule has 0 bridgehead atoms. The molecule has 0 aliphatic heterocycles. The third-order valence-electron chi connectivity index (χ3n) is 3.62. The highest BCUT2D eigenvalue weighted by Gasteiger charge is 2.08. The van der Waals surface area contributed by atoms with Gasteiger partial charge in [0.2, 0.25) is 11.8 Å². The predicted molar refractivity (Wildman–Crippen MR) is 117 cm³/mol. The van der Waals surface area contributed by atoms with Crippen molar-refractivity contribution in [1.82, 2.24) is 5.43 Å². The number of hydrazone groups is 1. The van der Waals surface area contributed by atoms with Gasteiger partial charge >= 0.3 is 5.97 Å². The third kappa shape index (κ3) is 8.22. The summed E-state index contributed by atoms with van der Waals surface area (Å²) in [6, 6.07) is 11.8. The van der Waals surface area contributed by atoms with Crippen molar-refractivity contribution >= 4 is 57.2 Å². The van der Waals surface area contributed by atoms with Gasteiger partial charge in [0.15, 0.2) is 6.61 Å². The molecule has 0 unspecified atom stereocenters. The van der Waals surface area contributed by atoms with Crippen molar-refractivity contribution < 1.29 is 23.9 Å². The van der Waals surface area contributed by atoms with Gasteiger partial charge in [0, 0.05) is 23.6 Å². The number of nitrogens with zero attached hydrogens (tertiary/aromatic N) is 1. The number of rotatable bonds is 9. The topological polar surface area (TPSA) is 106 Å². The fourth-order valence-corrected chi connectivity index (χ4v) is 2.86. The molecule has 10 heteroatoms. The van der Waals surface area contributed by atoms with Crippen molar-refractivity contribution in [3.63, 3.8) is 0 Å². The number of hydrogen-bond donors (Lipinski definition) is 2. The van der Waals surface area contributed by atoms with Gasteiger partial charge in [0.1, 0.15) is 5.75 Å². The van der Waals surface area contributed by atoms with Crippen LogP contribution in [0.25, 0.3) is 0 Å². The maximum absolute atomic E-state index is 11.9. The fraction of sp³-hybridized carbons (Fsp3) is 0.200. The average Bonchev–Trinajstić information content (AvgIpc) is 2.71. The molecule has 0 saturated carbocycles. The first-order valence-electron chi connectivity index (χ1n) is 8.74. The monoisotopic (exact) mass is 495 g/mol. The number of carbonyl (C=O) groups is 3. The number of benzene rings is 2. The molecule has 0 atom stereocenters. The Bertz CT molecular complexity index is 952. The van der Waals surface area contributed by atoms with Gasteiger partial charge in [-0.3, -0.25) is 9.59 Å². The zero-order valence-corrected chi connectivity index (χ0v) is 18.3. The van der Waals surface area contributed by atoms with Gasteiger partial charge in [-0.25, -0.2) is 10.2 Å². The van der Waals surface area contributed by atoms with Crippen LogP contribution in [0.3, 0.4) is 0 Å². The summed E-state index contributed by atoms with van der Waals surface area (Å²) in [5.74, 6) is -0.726. The molecule has 2 amide bonds. The zero-order chi connectivity index (χ0) is 21.9. The zero-order valence-electron chi connectivity index (χ0n) is 16.0. The lowest BCUT2D eigenvalue weighted by molar-refractivity contribution is -0.142. The smallest absolute Gasteiger partial charge is 0.343 e. The summed E-state index contributed by atoms with van der Waals surface area (Å²) < 4.78 is 10.4. The first kappa shape index (κ1) is 23.4. The minimum Gasteiger partial charge on any atom is -0.481 e. The van der Waals surface area contributed by atoms with Crippen LogP contribution < -0.4 is 15.5 Å². The van der Waals surface area contributed by atoms with E-state index in [2.05, 4.69) is 36.5 Å². The van der Waals surface area contributed by atoms with E-state index in [1.807, 2.05) is 0 Å². The molecular weight excluding hydrogens is 478 g/mol. The maximum atomic E-state index is 11.9. The summed E-state index contributed by atoms with van der Waals surface area (Å²) >= 11 is 9.19. The number of anilines is 1. The largest absolute Gasteiger partial charge is 0.481 e. The molecule has 158 valence electrons. The predicted octanol–water partition coefficient (Wildman–Crippen LogP) is 3.52. The molecule has 30 heavy (non-hydrogen) atoms. The van der Waals surface area contributed by atoms with E-state index < -0.39 is 11.9 Å². The highest BCUT2D eigenvalue weighted by molar-refractivity contribution is 9.10. The Morgan fingerprint density at radius 2 is 1.90 bits per heavy atom. The average molecular weight is 497 g/mol. The van der Waals surface area contributed by atoms with E-state index in [4.69, 9.17) is 16.3 Å². The summed E-state index contributed by atoms with van der Waals surface area (Å²) in [6.45, 7) is -0.205. The number of carbonyl (C=O) groups excluding carboxylic acids is 3. The van der Waals surface area contributed by atoms with Crippen molar-refractivity contribution in [3.05, 3.63) is 57.5 Å². The number of hydrogen-bond acceptors (Lipinski definition) is 6. The van der Waals surface area contributed by atoms with Gasteiger partial charge in [-0.05, 0) is 57.9 Å². The highest BCUT2D eigenvalue weighted by Crippen LogP contribution is 2.25. The fourth-order valence-electron chi connectivity index (χ4n) is 2.16. The van der Waals surface area contributed by atoms with Gasteiger partial charge in [-0.2, -0.15) is 5.10 Å². The van der Waals surface area contributed by atoms with Crippen LogP contribution in [-0.2, 0) is 19.1 Å². The molecule has 0 radical (unpaired) electrons. The number of nitrogens with one attached hydrogen (secondary N) is 2. The number of methoxy groups -OCH3 is 1. The van der Waals surface area contributed by atoms with Crippen LogP contribution in [0, 0.1) is 0 Å². The van der Waals surface area contributed by atoms with Crippen LogP contribution in [0.2, 0.25) is 5.02 Å². The van der Waals surface area contributed by atoms with Crippen molar-refractivity contribution in [1.29, 1.82) is 0 Å². The van der Waals surface area contributed by atoms with Crippen molar-refractivity contribution in [2.24, 2.45) is 5.10 Å². The van der Waals surface area contributed by atoms with E-state index in [0.29, 0.717) is 26.5 Å². The molecule has 0 fully saturated rings. The molecule has 0 aromatic heterocycles. The molecule has 0 aliphatic rings. The Morgan fingerprint density at radius 1 is 1.13 bits per heavy atom. The van der Waals surface area contributed by atoms with Gasteiger partial charge < -0.3 is 14.8 Å². The Labute approximate surface area is 186 Å². The van der Waals surface area contributed by atoms with Crippen LogP contribution in [0.5, 0.6) is 5.75 Å². The normalized spacial score (nSPS) is 10.5. The van der Waals surface area contributed by atoms with Crippen LogP contribution >= 0.6 is 27.5 Å². The van der Waals surface area contributed by atoms with Gasteiger partial charge in [0.05, 0.1) is 17.8 Å². The first-order chi connectivity index (χ1) is 14.4. The van der Waals surface area contributed by atoms with Gasteiger partial charge in [-0.15, -0.1) is 0 Å². The minimum atomic E-state index is -0.489. The van der Waals surface area contributed by atoms with E-state index in [-0.39, 0.29) is 25.4 Å². The Kier molecular flexibility index (Phi) is 9.30. The quantitative estimate of drug-likeness (QED) is 0.314. The summed E-state index contributed by atoms with van der Waals surface area (Å²) in [5.41, 5.74) is 3.61. The molecule has 2 aromatic carbocycles. The second-order valence-electron chi connectivity index (χ2n) is 5.91. The molecule has 8 nitrogen and oxygen atoms in total.